The van der Waals surface area contributed by atoms with Crippen molar-refractivity contribution in [2.45, 2.75) is 13.0 Å². The summed E-state index contributed by atoms with van der Waals surface area (Å²) < 4.78 is 17.0. The second-order valence-electron chi connectivity index (χ2n) is 6.84. The van der Waals surface area contributed by atoms with Crippen molar-refractivity contribution in [3.63, 3.8) is 0 Å². The first kappa shape index (κ1) is 22.8. The number of carbonyl (C=O) groups excluding carboxylic acids is 2. The zero-order valence-corrected chi connectivity index (χ0v) is 19.1. The third kappa shape index (κ3) is 4.60. The molecule has 0 aromatic heterocycles. The summed E-state index contributed by atoms with van der Waals surface area (Å²) in [5.74, 6) is -0.634. The number of ether oxygens (including phenoxy) is 3. The summed E-state index contributed by atoms with van der Waals surface area (Å²) in [7, 11) is 3.06. The molecule has 1 unspecified atom stereocenters. The lowest BCUT2D eigenvalue weighted by atomic mass is 9.95. The van der Waals surface area contributed by atoms with Crippen LogP contribution in [0.5, 0.6) is 11.5 Å². The molecule has 7 nitrogen and oxygen atoms in total. The highest BCUT2D eigenvalue weighted by Gasteiger charge is 2.46. The Morgan fingerprint density at radius 3 is 2.42 bits per heavy atom. The van der Waals surface area contributed by atoms with Crippen LogP contribution in [0.25, 0.3) is 5.76 Å². The molecule has 1 aliphatic rings. The van der Waals surface area contributed by atoms with Crippen molar-refractivity contribution < 1.29 is 28.9 Å². The monoisotopic (exact) mass is 489 g/mol. The van der Waals surface area contributed by atoms with Crippen molar-refractivity contribution in [1.29, 1.82) is 0 Å². The van der Waals surface area contributed by atoms with Gasteiger partial charge in [0, 0.05) is 23.7 Å². The number of hydrogen-bond donors (Lipinski definition) is 1. The predicted octanol–water partition coefficient (Wildman–Crippen LogP) is 3.92. The molecule has 1 saturated heterocycles. The number of aliphatic hydroxyl groups is 1. The largest absolute Gasteiger partial charge is 0.507 e. The number of hydrogen-bond acceptors (Lipinski definition) is 6. The molecule has 1 aliphatic heterocycles. The van der Waals surface area contributed by atoms with E-state index in [1.807, 2.05) is 6.92 Å². The van der Waals surface area contributed by atoms with Gasteiger partial charge in [-0.25, -0.2) is 0 Å². The highest BCUT2D eigenvalue weighted by Crippen LogP contribution is 2.42. The Morgan fingerprint density at radius 2 is 1.81 bits per heavy atom. The van der Waals surface area contributed by atoms with Gasteiger partial charge < -0.3 is 24.2 Å². The van der Waals surface area contributed by atoms with Crippen molar-refractivity contribution in [3.8, 4) is 11.5 Å². The maximum absolute atomic E-state index is 13.0. The smallest absolute Gasteiger partial charge is 0.295 e. The molecule has 0 spiro atoms. The van der Waals surface area contributed by atoms with Crippen LogP contribution in [0.4, 0.5) is 0 Å². The number of ketones is 1. The number of amides is 1. The van der Waals surface area contributed by atoms with E-state index in [0.717, 1.165) is 4.47 Å². The van der Waals surface area contributed by atoms with Crippen molar-refractivity contribution >= 4 is 33.4 Å². The van der Waals surface area contributed by atoms with Gasteiger partial charge in [0.2, 0.25) is 0 Å². The van der Waals surface area contributed by atoms with Gasteiger partial charge in [0.1, 0.15) is 5.76 Å². The van der Waals surface area contributed by atoms with Crippen LogP contribution < -0.4 is 9.47 Å². The first-order valence-corrected chi connectivity index (χ1v) is 10.6. The van der Waals surface area contributed by atoms with Gasteiger partial charge >= 0.3 is 0 Å². The summed E-state index contributed by atoms with van der Waals surface area (Å²) in [6.07, 6.45) is 0. The average molecular weight is 490 g/mol. The number of methoxy groups -OCH3 is 2. The Bertz CT molecular complexity index is 1000. The minimum Gasteiger partial charge on any atom is -0.507 e. The van der Waals surface area contributed by atoms with Crippen LogP contribution >= 0.6 is 15.9 Å². The minimum atomic E-state index is -0.788. The molecule has 164 valence electrons. The predicted molar refractivity (Wildman–Crippen MR) is 119 cm³/mol. The molecule has 0 aliphatic carbocycles. The fraction of sp³-hybridized carbons (Fsp3) is 0.304. The zero-order valence-electron chi connectivity index (χ0n) is 17.6. The van der Waals surface area contributed by atoms with Gasteiger partial charge in [0.25, 0.3) is 11.7 Å². The number of likely N-dealkylation sites (tertiary alicyclic amines) is 1. The maximum Gasteiger partial charge on any atom is 0.295 e. The van der Waals surface area contributed by atoms with Crippen LogP contribution in [0.3, 0.4) is 0 Å². The minimum absolute atomic E-state index is 0.0241. The molecular formula is C23H24BrNO6. The van der Waals surface area contributed by atoms with Crippen molar-refractivity contribution in [2.24, 2.45) is 0 Å². The van der Waals surface area contributed by atoms with E-state index in [-0.39, 0.29) is 24.5 Å². The number of aliphatic hydroxyl groups excluding tert-OH is 1. The fourth-order valence-electron chi connectivity index (χ4n) is 3.54. The molecule has 8 heteroatoms. The highest BCUT2D eigenvalue weighted by atomic mass is 79.9. The molecule has 0 radical (unpaired) electrons. The van der Waals surface area contributed by atoms with Gasteiger partial charge in [-0.1, -0.05) is 34.1 Å². The summed E-state index contributed by atoms with van der Waals surface area (Å²) >= 11 is 3.36. The molecule has 3 rings (SSSR count). The third-order valence-electron chi connectivity index (χ3n) is 5.00. The second-order valence-corrected chi connectivity index (χ2v) is 7.75. The van der Waals surface area contributed by atoms with E-state index < -0.39 is 17.7 Å². The van der Waals surface area contributed by atoms with Crippen LogP contribution in [0.15, 0.2) is 52.5 Å². The summed E-state index contributed by atoms with van der Waals surface area (Å²) in [6, 6.07) is 11.3. The SMILES string of the molecule is CCOc1cc(C2/C(=C(/O)c3ccc(Br)cc3)C(=O)C(=O)N2CCOC)ccc1OC. The van der Waals surface area contributed by atoms with E-state index in [2.05, 4.69) is 15.9 Å². The highest BCUT2D eigenvalue weighted by molar-refractivity contribution is 9.10. The number of rotatable bonds is 8. The Labute approximate surface area is 189 Å². The Balaban J connectivity index is 2.18. The molecule has 1 N–H and O–H groups in total. The molecule has 1 amide bonds. The van der Waals surface area contributed by atoms with Gasteiger partial charge in [-0.15, -0.1) is 0 Å². The number of carbonyl (C=O) groups is 2. The van der Waals surface area contributed by atoms with Gasteiger partial charge in [-0.05, 0) is 36.8 Å². The molecular weight excluding hydrogens is 466 g/mol. The van der Waals surface area contributed by atoms with Crippen LogP contribution in [0.2, 0.25) is 0 Å². The topological polar surface area (TPSA) is 85.3 Å². The lowest BCUT2D eigenvalue weighted by molar-refractivity contribution is -0.140. The van der Waals surface area contributed by atoms with Gasteiger partial charge in [-0.2, -0.15) is 0 Å². The van der Waals surface area contributed by atoms with E-state index >= 15 is 0 Å². The van der Waals surface area contributed by atoms with E-state index in [1.165, 1.54) is 19.1 Å². The summed E-state index contributed by atoms with van der Waals surface area (Å²) in [6.45, 7) is 2.71. The zero-order chi connectivity index (χ0) is 22.5. The van der Waals surface area contributed by atoms with Crippen LogP contribution in [-0.4, -0.2) is 55.7 Å². The number of nitrogens with zero attached hydrogens (tertiary/aromatic N) is 1. The Kier molecular flexibility index (Phi) is 7.35. The van der Waals surface area contributed by atoms with Crippen LogP contribution in [0, 0.1) is 0 Å². The third-order valence-corrected chi connectivity index (χ3v) is 5.53. The number of benzene rings is 2. The first-order valence-electron chi connectivity index (χ1n) is 9.76. The molecule has 1 atom stereocenters. The summed E-state index contributed by atoms with van der Waals surface area (Å²) in [5.41, 5.74) is 1.09. The molecule has 31 heavy (non-hydrogen) atoms. The lowest BCUT2D eigenvalue weighted by Gasteiger charge is -2.25. The van der Waals surface area contributed by atoms with Crippen LogP contribution in [-0.2, 0) is 14.3 Å². The molecule has 2 aromatic rings. The second kappa shape index (κ2) is 9.98. The standard InChI is InChI=1S/C23H24BrNO6/c1-4-31-18-13-15(7-10-17(18)30-3)20-19(21(26)14-5-8-16(24)9-6-14)22(27)23(28)25(20)11-12-29-2/h5-10,13,20,26H,4,11-12H2,1-3H3/b21-19-. The quantitative estimate of drug-likeness (QED) is 0.343. The van der Waals surface area contributed by atoms with Crippen molar-refractivity contribution in [2.75, 3.05) is 34.0 Å². The fourth-order valence-corrected chi connectivity index (χ4v) is 3.81. The van der Waals surface area contributed by atoms with Crippen molar-refractivity contribution in [1.82, 2.24) is 4.90 Å². The Morgan fingerprint density at radius 1 is 1.10 bits per heavy atom. The van der Waals surface area contributed by atoms with Gasteiger partial charge in [0.15, 0.2) is 11.5 Å². The molecule has 1 fully saturated rings. The average Bonchev–Trinajstić information content (AvgIpc) is 3.02. The van der Waals surface area contributed by atoms with Crippen LogP contribution in [0.1, 0.15) is 24.1 Å². The lowest BCUT2D eigenvalue weighted by Crippen LogP contribution is -2.32. The normalized spacial score (nSPS) is 17.8. The Hall–Kier alpha value is -2.84. The maximum atomic E-state index is 13.0. The van der Waals surface area contributed by atoms with E-state index in [9.17, 15) is 14.7 Å². The van der Waals surface area contributed by atoms with E-state index in [4.69, 9.17) is 14.2 Å². The molecule has 0 saturated carbocycles. The van der Waals surface area contributed by atoms with E-state index in [0.29, 0.717) is 29.2 Å². The summed E-state index contributed by atoms with van der Waals surface area (Å²) in [5, 5.41) is 11.0. The first-order chi connectivity index (χ1) is 14.9. The van der Waals surface area contributed by atoms with E-state index in [1.54, 1.807) is 42.5 Å². The molecule has 2 aromatic carbocycles. The molecule has 0 bridgehead atoms. The molecule has 1 heterocycles. The summed E-state index contributed by atoms with van der Waals surface area (Å²) in [4.78, 5) is 27.2. The van der Waals surface area contributed by atoms with Gasteiger partial charge in [0.05, 0.1) is 31.9 Å². The van der Waals surface area contributed by atoms with Crippen molar-refractivity contribution in [3.05, 3.63) is 63.6 Å². The van der Waals surface area contributed by atoms with Gasteiger partial charge in [-0.3, -0.25) is 9.59 Å². The number of Topliss-reactive ketones (excluding diaryl/α,β-unsaturated/α-hetero) is 1. The number of halogens is 1.